The van der Waals surface area contributed by atoms with Crippen molar-refractivity contribution in [2.75, 3.05) is 6.54 Å². The van der Waals surface area contributed by atoms with Crippen LogP contribution in [0.3, 0.4) is 0 Å². The van der Waals surface area contributed by atoms with Crippen LogP contribution in [0.25, 0.3) is 10.9 Å². The standard InChI is InChI=1S/C19H22N4/c1-2-5-19-20-11-15-12-23(9-8-18(15)22-19)13-16-10-14-6-3-4-7-17(14)21-16/h3-4,6-7,10-11,21H,2,5,8-9,12-13H2,1H3. The number of nitrogens with one attached hydrogen (secondary N) is 1. The van der Waals surface area contributed by atoms with E-state index in [2.05, 4.69) is 52.1 Å². The lowest BCUT2D eigenvalue weighted by Gasteiger charge is -2.27. The summed E-state index contributed by atoms with van der Waals surface area (Å²) in [7, 11) is 0. The van der Waals surface area contributed by atoms with E-state index in [1.807, 2.05) is 6.20 Å². The second-order valence-corrected chi connectivity index (χ2v) is 6.35. The SMILES string of the molecule is CCCc1ncc2c(n1)CCN(Cc1cc3ccccc3[nH]1)C2. The third kappa shape index (κ3) is 2.99. The zero-order valence-electron chi connectivity index (χ0n) is 13.5. The summed E-state index contributed by atoms with van der Waals surface area (Å²) in [6.07, 6.45) is 5.14. The average molecular weight is 306 g/mol. The number of fused-ring (bicyclic) bond motifs is 2. The van der Waals surface area contributed by atoms with Crippen molar-refractivity contribution in [3.63, 3.8) is 0 Å². The van der Waals surface area contributed by atoms with Crippen molar-refractivity contribution in [3.05, 3.63) is 59.3 Å². The molecule has 0 bridgehead atoms. The molecule has 1 aliphatic heterocycles. The fourth-order valence-electron chi connectivity index (χ4n) is 3.35. The average Bonchev–Trinajstić information content (AvgIpc) is 2.97. The molecule has 4 nitrogen and oxygen atoms in total. The van der Waals surface area contributed by atoms with E-state index >= 15 is 0 Å². The Hall–Kier alpha value is -2.20. The highest BCUT2D eigenvalue weighted by molar-refractivity contribution is 5.80. The summed E-state index contributed by atoms with van der Waals surface area (Å²) < 4.78 is 0. The Morgan fingerprint density at radius 3 is 3.04 bits per heavy atom. The lowest BCUT2D eigenvalue weighted by atomic mass is 10.1. The topological polar surface area (TPSA) is 44.8 Å². The van der Waals surface area contributed by atoms with Crippen LogP contribution in [-0.2, 0) is 25.9 Å². The smallest absolute Gasteiger partial charge is 0.128 e. The van der Waals surface area contributed by atoms with Crippen LogP contribution in [0.4, 0.5) is 0 Å². The molecule has 4 rings (SSSR count). The minimum atomic E-state index is 0.942. The first-order valence-electron chi connectivity index (χ1n) is 8.44. The molecule has 1 aromatic carbocycles. The molecular weight excluding hydrogens is 284 g/mol. The number of nitrogens with zero attached hydrogens (tertiary/aromatic N) is 3. The second-order valence-electron chi connectivity index (χ2n) is 6.35. The number of H-pyrrole nitrogens is 1. The van der Waals surface area contributed by atoms with Crippen molar-refractivity contribution >= 4 is 10.9 Å². The van der Waals surface area contributed by atoms with Crippen LogP contribution in [0.15, 0.2) is 36.5 Å². The number of aromatic amines is 1. The number of aryl methyl sites for hydroxylation is 1. The Kier molecular flexibility index (Phi) is 3.83. The first-order valence-corrected chi connectivity index (χ1v) is 8.44. The molecule has 0 atom stereocenters. The van der Waals surface area contributed by atoms with Gasteiger partial charge in [0.25, 0.3) is 0 Å². The van der Waals surface area contributed by atoms with Gasteiger partial charge in [-0.15, -0.1) is 0 Å². The van der Waals surface area contributed by atoms with Gasteiger partial charge in [0, 0.05) is 61.1 Å². The van der Waals surface area contributed by atoms with Crippen LogP contribution in [0.1, 0.15) is 36.1 Å². The Morgan fingerprint density at radius 1 is 1.26 bits per heavy atom. The molecule has 2 aromatic heterocycles. The summed E-state index contributed by atoms with van der Waals surface area (Å²) in [6, 6.07) is 10.7. The van der Waals surface area contributed by atoms with E-state index in [-0.39, 0.29) is 0 Å². The van der Waals surface area contributed by atoms with Crippen LogP contribution in [0, 0.1) is 0 Å². The number of para-hydroxylation sites is 1. The molecule has 23 heavy (non-hydrogen) atoms. The molecule has 0 unspecified atom stereocenters. The molecule has 0 saturated carbocycles. The maximum atomic E-state index is 4.73. The van der Waals surface area contributed by atoms with Gasteiger partial charge in [0.1, 0.15) is 5.82 Å². The third-order valence-electron chi connectivity index (χ3n) is 4.52. The molecule has 3 heterocycles. The maximum Gasteiger partial charge on any atom is 0.128 e. The van der Waals surface area contributed by atoms with E-state index in [0.29, 0.717) is 0 Å². The van der Waals surface area contributed by atoms with E-state index < -0.39 is 0 Å². The molecule has 0 radical (unpaired) electrons. The Bertz CT molecular complexity index is 788. The molecular formula is C19H22N4. The van der Waals surface area contributed by atoms with Gasteiger partial charge in [-0.25, -0.2) is 9.97 Å². The first kappa shape index (κ1) is 14.4. The molecule has 0 aliphatic carbocycles. The van der Waals surface area contributed by atoms with Gasteiger partial charge in [-0.2, -0.15) is 0 Å². The van der Waals surface area contributed by atoms with Gasteiger partial charge < -0.3 is 4.98 Å². The molecule has 0 amide bonds. The molecule has 0 spiro atoms. The van der Waals surface area contributed by atoms with Gasteiger partial charge in [-0.1, -0.05) is 25.1 Å². The Morgan fingerprint density at radius 2 is 2.17 bits per heavy atom. The third-order valence-corrected chi connectivity index (χ3v) is 4.52. The highest BCUT2D eigenvalue weighted by Gasteiger charge is 2.19. The minimum absolute atomic E-state index is 0.942. The normalized spacial score (nSPS) is 15.0. The predicted octanol–water partition coefficient (Wildman–Crippen LogP) is 3.47. The van der Waals surface area contributed by atoms with E-state index in [0.717, 1.165) is 44.7 Å². The number of aromatic nitrogens is 3. The summed E-state index contributed by atoms with van der Waals surface area (Å²) in [5, 5.41) is 1.28. The summed E-state index contributed by atoms with van der Waals surface area (Å²) in [5.74, 6) is 0.996. The van der Waals surface area contributed by atoms with E-state index in [4.69, 9.17) is 4.98 Å². The van der Waals surface area contributed by atoms with Crippen molar-refractivity contribution < 1.29 is 0 Å². The van der Waals surface area contributed by atoms with Crippen molar-refractivity contribution in [1.82, 2.24) is 19.9 Å². The van der Waals surface area contributed by atoms with Crippen molar-refractivity contribution in [3.8, 4) is 0 Å². The van der Waals surface area contributed by atoms with Crippen LogP contribution < -0.4 is 0 Å². The molecule has 3 aromatic rings. The first-order chi connectivity index (χ1) is 11.3. The fourth-order valence-corrected chi connectivity index (χ4v) is 3.35. The Labute approximate surface area is 136 Å². The van der Waals surface area contributed by atoms with E-state index in [1.165, 1.54) is 27.9 Å². The highest BCUT2D eigenvalue weighted by atomic mass is 15.1. The lowest BCUT2D eigenvalue weighted by Crippen LogP contribution is -2.31. The van der Waals surface area contributed by atoms with Gasteiger partial charge in [-0.05, 0) is 23.9 Å². The van der Waals surface area contributed by atoms with E-state index in [1.54, 1.807) is 0 Å². The quantitative estimate of drug-likeness (QED) is 0.803. The zero-order chi connectivity index (χ0) is 15.6. The number of benzene rings is 1. The van der Waals surface area contributed by atoms with Gasteiger partial charge >= 0.3 is 0 Å². The summed E-state index contributed by atoms with van der Waals surface area (Å²) in [6.45, 7) is 5.12. The van der Waals surface area contributed by atoms with Crippen LogP contribution in [0.5, 0.6) is 0 Å². The van der Waals surface area contributed by atoms with Crippen LogP contribution in [0.2, 0.25) is 0 Å². The maximum absolute atomic E-state index is 4.73. The lowest BCUT2D eigenvalue weighted by molar-refractivity contribution is 0.240. The monoisotopic (exact) mass is 306 g/mol. The van der Waals surface area contributed by atoms with Gasteiger partial charge in [0.2, 0.25) is 0 Å². The molecule has 4 heteroatoms. The van der Waals surface area contributed by atoms with Crippen molar-refractivity contribution in [1.29, 1.82) is 0 Å². The van der Waals surface area contributed by atoms with Crippen molar-refractivity contribution in [2.24, 2.45) is 0 Å². The molecule has 1 aliphatic rings. The summed E-state index contributed by atoms with van der Waals surface area (Å²) >= 11 is 0. The minimum Gasteiger partial charge on any atom is -0.357 e. The predicted molar refractivity (Wildman–Crippen MR) is 92.1 cm³/mol. The fraction of sp³-hybridized carbons (Fsp3) is 0.368. The molecule has 1 N–H and O–H groups in total. The zero-order valence-corrected chi connectivity index (χ0v) is 13.5. The van der Waals surface area contributed by atoms with E-state index in [9.17, 15) is 0 Å². The van der Waals surface area contributed by atoms with Crippen LogP contribution in [-0.4, -0.2) is 26.4 Å². The molecule has 0 saturated heterocycles. The van der Waals surface area contributed by atoms with Gasteiger partial charge in [0.05, 0.1) is 0 Å². The van der Waals surface area contributed by atoms with Crippen molar-refractivity contribution in [2.45, 2.75) is 39.3 Å². The van der Waals surface area contributed by atoms with Crippen LogP contribution >= 0.6 is 0 Å². The molecule has 118 valence electrons. The summed E-state index contributed by atoms with van der Waals surface area (Å²) in [5.41, 5.74) is 5.02. The number of hydrogen-bond donors (Lipinski definition) is 1. The largest absolute Gasteiger partial charge is 0.357 e. The van der Waals surface area contributed by atoms with Gasteiger partial charge in [-0.3, -0.25) is 4.90 Å². The molecule has 0 fully saturated rings. The highest BCUT2D eigenvalue weighted by Crippen LogP contribution is 2.21. The second kappa shape index (κ2) is 6.13. The van der Waals surface area contributed by atoms with Gasteiger partial charge in [0.15, 0.2) is 0 Å². The number of rotatable bonds is 4. The Balaban J connectivity index is 1.49. The number of hydrogen-bond acceptors (Lipinski definition) is 3. The summed E-state index contributed by atoms with van der Waals surface area (Å²) in [4.78, 5) is 15.2.